The smallest absolute Gasteiger partial charge is 0.266 e. The molecule has 1 unspecified atom stereocenters. The van der Waals surface area contributed by atoms with Gasteiger partial charge >= 0.3 is 0 Å². The minimum Gasteiger partial charge on any atom is -0.771 e. The number of halogens is 2. The second kappa shape index (κ2) is 8.33. The molecule has 2 saturated heterocycles. The van der Waals surface area contributed by atoms with Gasteiger partial charge in [-0.05, 0) is 23.9 Å². The minimum atomic E-state index is -2.78. The Hall–Kier alpha value is -2.71. The molecule has 172 valence electrons. The third-order valence-electron chi connectivity index (χ3n) is 5.80. The van der Waals surface area contributed by atoms with E-state index in [4.69, 9.17) is 0 Å². The minimum absolute atomic E-state index is 0.0334. The lowest BCUT2D eigenvalue weighted by molar-refractivity contribution is 0.0256. The highest BCUT2D eigenvalue weighted by Gasteiger charge is 2.40. The predicted octanol–water partition coefficient (Wildman–Crippen LogP) is 1.07. The van der Waals surface area contributed by atoms with Crippen LogP contribution >= 0.6 is 0 Å². The van der Waals surface area contributed by atoms with Crippen molar-refractivity contribution < 1.29 is 17.5 Å². The van der Waals surface area contributed by atoms with Gasteiger partial charge in [0.25, 0.3) is 5.92 Å². The first-order chi connectivity index (χ1) is 15.4. The molecule has 2 aliphatic heterocycles. The largest absolute Gasteiger partial charge is 0.771 e. The molecule has 0 bridgehead atoms. The molecule has 11 nitrogen and oxygen atoms in total. The summed E-state index contributed by atoms with van der Waals surface area (Å²) in [6.07, 6.45) is 6.06. The first-order valence-corrected chi connectivity index (χ1v) is 11.5. The summed E-state index contributed by atoms with van der Waals surface area (Å²) in [6, 6.07) is 0.0876. The highest BCUT2D eigenvalue weighted by atomic mass is 32.2. The number of aromatic nitrogens is 6. The number of anilines is 2. The highest BCUT2D eigenvalue weighted by Crippen LogP contribution is 2.36. The van der Waals surface area contributed by atoms with E-state index in [1.807, 2.05) is 4.90 Å². The van der Waals surface area contributed by atoms with Crippen LogP contribution in [0.15, 0.2) is 18.6 Å². The molecule has 14 heteroatoms. The van der Waals surface area contributed by atoms with Gasteiger partial charge in [0.2, 0.25) is 5.95 Å². The standard InChI is InChI=1S/C18H23F2N9O2S/c19-18(20)3-6-28(10-18)16-15(12-7-22-23-8-12)21-9-14-25-17(26-29(14)16)24-13-1-4-27(5-2-13)11-32(30)31/h7-9,13H,1-6,10-11H2,(H,22,23)(H,24,26)(H,30,31)/p-1. The number of hydrogen-bond donors (Lipinski definition) is 2. The SMILES string of the molecule is O=S([O-])CN1CCC(Nc2nc3cnc(-c4cn[nH]c4)c(N4CCC(F)(F)C4)n3n2)CC1. The van der Waals surface area contributed by atoms with Crippen LogP contribution in [0.1, 0.15) is 19.3 Å². The van der Waals surface area contributed by atoms with E-state index in [9.17, 15) is 17.5 Å². The van der Waals surface area contributed by atoms with Crippen molar-refractivity contribution in [2.75, 3.05) is 42.3 Å². The predicted molar refractivity (Wildman–Crippen MR) is 112 cm³/mol. The number of nitrogens with zero attached hydrogens (tertiary/aromatic N) is 7. The summed E-state index contributed by atoms with van der Waals surface area (Å²) in [5.41, 5.74) is 1.62. The van der Waals surface area contributed by atoms with E-state index < -0.39 is 23.5 Å². The van der Waals surface area contributed by atoms with Crippen molar-refractivity contribution in [1.29, 1.82) is 0 Å². The van der Waals surface area contributed by atoms with E-state index in [0.29, 0.717) is 41.8 Å². The molecule has 0 aliphatic carbocycles. The van der Waals surface area contributed by atoms with Crippen molar-refractivity contribution >= 4 is 28.5 Å². The molecular formula is C18H22F2N9O2S-. The van der Waals surface area contributed by atoms with Crippen LogP contribution in [0, 0.1) is 0 Å². The van der Waals surface area contributed by atoms with Crippen LogP contribution in [0.4, 0.5) is 20.5 Å². The Morgan fingerprint density at radius 2 is 2.09 bits per heavy atom. The molecule has 32 heavy (non-hydrogen) atoms. The van der Waals surface area contributed by atoms with Gasteiger partial charge in [-0.15, -0.1) is 5.10 Å². The summed E-state index contributed by atoms with van der Waals surface area (Å²) in [5, 5.41) is 14.5. The van der Waals surface area contributed by atoms with E-state index >= 15 is 0 Å². The second-order valence-corrected chi connectivity index (χ2v) is 8.99. The Morgan fingerprint density at radius 1 is 1.28 bits per heavy atom. The summed E-state index contributed by atoms with van der Waals surface area (Å²) < 4.78 is 51.3. The molecule has 3 aromatic heterocycles. The Morgan fingerprint density at radius 3 is 2.75 bits per heavy atom. The third-order valence-corrected chi connectivity index (χ3v) is 6.38. The molecular weight excluding hydrogens is 444 g/mol. The zero-order valence-electron chi connectivity index (χ0n) is 17.1. The van der Waals surface area contributed by atoms with Crippen LogP contribution in [0.2, 0.25) is 0 Å². The maximum absolute atomic E-state index is 14.0. The Labute approximate surface area is 184 Å². The lowest BCUT2D eigenvalue weighted by atomic mass is 10.1. The molecule has 0 aromatic carbocycles. The van der Waals surface area contributed by atoms with Gasteiger partial charge in [0.05, 0.1) is 24.8 Å². The van der Waals surface area contributed by atoms with Crippen molar-refractivity contribution in [3.8, 4) is 11.3 Å². The maximum Gasteiger partial charge on any atom is 0.266 e. The van der Waals surface area contributed by atoms with E-state index in [0.717, 1.165) is 12.8 Å². The van der Waals surface area contributed by atoms with Gasteiger partial charge in [0.15, 0.2) is 11.5 Å². The van der Waals surface area contributed by atoms with Crippen LogP contribution in [0.25, 0.3) is 16.9 Å². The fourth-order valence-electron chi connectivity index (χ4n) is 4.23. The van der Waals surface area contributed by atoms with Crippen LogP contribution in [0.5, 0.6) is 0 Å². The Kier molecular flexibility index (Phi) is 5.51. The Bertz CT molecular complexity index is 1120. The van der Waals surface area contributed by atoms with E-state index in [1.165, 1.54) is 0 Å². The topological polar surface area (TPSA) is 130 Å². The number of aromatic amines is 1. The first-order valence-electron chi connectivity index (χ1n) is 10.3. The third kappa shape index (κ3) is 4.29. The number of alkyl halides is 2. The lowest BCUT2D eigenvalue weighted by Gasteiger charge is -2.32. The van der Waals surface area contributed by atoms with Crippen LogP contribution in [-0.2, 0) is 11.1 Å². The number of hydrogen-bond acceptors (Lipinski definition) is 9. The van der Waals surface area contributed by atoms with Crippen molar-refractivity contribution in [2.45, 2.75) is 31.2 Å². The fourth-order valence-corrected chi connectivity index (χ4v) is 4.78. The van der Waals surface area contributed by atoms with Crippen molar-refractivity contribution in [3.05, 3.63) is 18.6 Å². The molecule has 5 heterocycles. The van der Waals surface area contributed by atoms with Crippen molar-refractivity contribution in [3.63, 3.8) is 0 Å². The molecule has 2 N–H and O–H groups in total. The molecule has 2 fully saturated rings. The van der Waals surface area contributed by atoms with Crippen LogP contribution in [0.3, 0.4) is 0 Å². The first kappa shape index (κ1) is 21.2. The average molecular weight is 466 g/mol. The maximum atomic E-state index is 14.0. The number of rotatable bonds is 6. The van der Waals surface area contributed by atoms with Gasteiger partial charge in [-0.2, -0.15) is 14.6 Å². The average Bonchev–Trinajstić information content (AvgIpc) is 3.47. The molecule has 0 saturated carbocycles. The second-order valence-electron chi connectivity index (χ2n) is 8.12. The number of fused-ring (bicyclic) bond motifs is 1. The monoisotopic (exact) mass is 466 g/mol. The van der Waals surface area contributed by atoms with E-state index in [1.54, 1.807) is 28.0 Å². The quantitative estimate of drug-likeness (QED) is 0.512. The zero-order valence-corrected chi connectivity index (χ0v) is 17.9. The molecule has 1 atom stereocenters. The summed E-state index contributed by atoms with van der Waals surface area (Å²) in [6.45, 7) is 1.07. The summed E-state index contributed by atoms with van der Waals surface area (Å²) >= 11 is -2.09. The van der Waals surface area contributed by atoms with E-state index in [2.05, 4.69) is 30.6 Å². The number of piperidine rings is 1. The molecule has 0 radical (unpaired) electrons. The summed E-state index contributed by atoms with van der Waals surface area (Å²) in [5.74, 6) is -1.91. The Balaban J connectivity index is 1.42. The number of H-pyrrole nitrogens is 1. The van der Waals surface area contributed by atoms with Gasteiger partial charge in [-0.25, -0.2) is 13.8 Å². The van der Waals surface area contributed by atoms with E-state index in [-0.39, 0.29) is 24.9 Å². The van der Waals surface area contributed by atoms with Crippen LogP contribution < -0.4 is 10.2 Å². The molecule has 3 aromatic rings. The highest BCUT2D eigenvalue weighted by molar-refractivity contribution is 7.79. The molecule has 0 spiro atoms. The molecule has 2 aliphatic rings. The van der Waals surface area contributed by atoms with Gasteiger partial charge < -0.3 is 14.8 Å². The summed E-state index contributed by atoms with van der Waals surface area (Å²) in [7, 11) is 0. The van der Waals surface area contributed by atoms with Crippen molar-refractivity contribution in [2.24, 2.45) is 0 Å². The lowest BCUT2D eigenvalue weighted by Crippen LogP contribution is -2.40. The van der Waals surface area contributed by atoms with Gasteiger partial charge in [-0.1, -0.05) is 0 Å². The van der Waals surface area contributed by atoms with Crippen LogP contribution in [-0.4, -0.2) is 87.5 Å². The van der Waals surface area contributed by atoms with Gasteiger partial charge in [0.1, 0.15) is 5.69 Å². The fraction of sp³-hybridized carbons (Fsp3) is 0.556. The van der Waals surface area contributed by atoms with Gasteiger partial charge in [-0.3, -0.25) is 14.2 Å². The van der Waals surface area contributed by atoms with Gasteiger partial charge in [0, 0.05) is 43.9 Å². The number of nitrogens with one attached hydrogen (secondary N) is 2. The molecule has 5 rings (SSSR count). The van der Waals surface area contributed by atoms with Crippen molar-refractivity contribution in [1.82, 2.24) is 34.7 Å². The molecule has 0 amide bonds. The summed E-state index contributed by atoms with van der Waals surface area (Å²) in [4.78, 5) is 12.4. The zero-order chi connectivity index (χ0) is 22.3. The normalized spacial score (nSPS) is 20.8. The number of likely N-dealkylation sites (tertiary alicyclic amines) is 1.